The summed E-state index contributed by atoms with van der Waals surface area (Å²) in [6.45, 7) is 4.19. The van der Waals surface area contributed by atoms with Crippen molar-refractivity contribution in [3.63, 3.8) is 0 Å². The summed E-state index contributed by atoms with van der Waals surface area (Å²) in [4.78, 5) is 0. The summed E-state index contributed by atoms with van der Waals surface area (Å²) in [6.07, 6.45) is 6.37. The summed E-state index contributed by atoms with van der Waals surface area (Å²) < 4.78 is 6.77. The summed E-state index contributed by atoms with van der Waals surface area (Å²) in [6, 6.07) is 9.90. The molecule has 1 aromatic rings. The van der Waals surface area contributed by atoms with E-state index in [4.69, 9.17) is 4.74 Å². The van der Waals surface area contributed by atoms with Gasteiger partial charge in [-0.15, -0.1) is 30.1 Å². The monoisotopic (exact) mass is 296 g/mol. The number of ether oxygens (including phenoxy) is 1. The third kappa shape index (κ3) is 5.87. The molecular weight excluding hydrogens is 276 g/mol. The van der Waals surface area contributed by atoms with Crippen LogP contribution in [0, 0.1) is 0 Å². The number of aliphatic hydroxyl groups excluding tert-OH is 1. The van der Waals surface area contributed by atoms with Crippen LogP contribution in [0.15, 0.2) is 53.3 Å². The highest BCUT2D eigenvalue weighted by Crippen LogP contribution is 2.24. The fourth-order valence-corrected chi connectivity index (χ4v) is 2.74. The molecule has 0 fully saturated rings. The van der Waals surface area contributed by atoms with Crippen molar-refractivity contribution in [3.8, 4) is 0 Å². The third-order valence-electron chi connectivity index (χ3n) is 2.56. The van der Waals surface area contributed by atoms with Crippen LogP contribution in [0.25, 0.3) is 0 Å². The predicted octanol–water partition coefficient (Wildman–Crippen LogP) is 3.69. The molecule has 104 valence electrons. The molecule has 2 atom stereocenters. The minimum absolute atomic E-state index is 0.394. The lowest BCUT2D eigenvalue weighted by molar-refractivity contribution is 0.00214. The molecule has 0 radical (unpaired) electrons. The van der Waals surface area contributed by atoms with Crippen molar-refractivity contribution in [3.05, 3.63) is 58.9 Å². The molecule has 4 heteroatoms. The standard InChI is InChI=1S/C15H20O2S2/c1-4-14(13(16)10-15(18-2)19-3)17-11-12-8-6-5-7-9-12/h4-10,13-14,16H,1,11H2,2-3H3/t13-,14-/m0/s1. The van der Waals surface area contributed by atoms with Crippen LogP contribution in [-0.2, 0) is 11.3 Å². The van der Waals surface area contributed by atoms with Crippen LogP contribution in [0.5, 0.6) is 0 Å². The third-order valence-corrected chi connectivity index (χ3v) is 4.64. The number of aliphatic hydroxyl groups is 1. The molecular formula is C15H20O2S2. The SMILES string of the molecule is C=C[C@H](OCc1ccccc1)[C@@H](O)C=C(SC)SC. The average Bonchev–Trinajstić information content (AvgIpc) is 2.46. The van der Waals surface area contributed by atoms with E-state index < -0.39 is 12.2 Å². The largest absolute Gasteiger partial charge is 0.386 e. The first-order valence-corrected chi connectivity index (χ1v) is 8.42. The Morgan fingerprint density at radius 1 is 1.32 bits per heavy atom. The van der Waals surface area contributed by atoms with E-state index in [1.54, 1.807) is 29.6 Å². The zero-order valence-corrected chi connectivity index (χ0v) is 12.9. The highest BCUT2D eigenvalue weighted by Gasteiger charge is 2.15. The van der Waals surface area contributed by atoms with Crippen molar-refractivity contribution in [2.24, 2.45) is 0 Å². The molecule has 0 aliphatic rings. The fourth-order valence-electron chi connectivity index (χ4n) is 1.53. The van der Waals surface area contributed by atoms with Gasteiger partial charge in [-0.3, -0.25) is 0 Å². The van der Waals surface area contributed by atoms with Gasteiger partial charge in [-0.1, -0.05) is 36.4 Å². The summed E-state index contributed by atoms with van der Waals surface area (Å²) in [5.74, 6) is 0. The fraction of sp³-hybridized carbons (Fsp3) is 0.333. The van der Waals surface area contributed by atoms with Crippen LogP contribution in [0.3, 0.4) is 0 Å². The molecule has 0 aromatic heterocycles. The molecule has 0 amide bonds. The Morgan fingerprint density at radius 2 is 1.95 bits per heavy atom. The van der Waals surface area contributed by atoms with Crippen molar-refractivity contribution in [2.75, 3.05) is 12.5 Å². The lowest BCUT2D eigenvalue weighted by Crippen LogP contribution is -2.25. The van der Waals surface area contributed by atoms with Crippen molar-refractivity contribution < 1.29 is 9.84 Å². The Kier molecular flexibility index (Phi) is 7.98. The summed E-state index contributed by atoms with van der Waals surface area (Å²) in [5.41, 5.74) is 1.08. The molecule has 2 nitrogen and oxygen atoms in total. The zero-order chi connectivity index (χ0) is 14.1. The van der Waals surface area contributed by atoms with Crippen LogP contribution in [0.2, 0.25) is 0 Å². The number of benzene rings is 1. The van der Waals surface area contributed by atoms with Crippen LogP contribution in [0.1, 0.15) is 5.56 Å². The number of thioether (sulfide) groups is 2. The van der Waals surface area contributed by atoms with Crippen molar-refractivity contribution >= 4 is 23.5 Å². The van der Waals surface area contributed by atoms with Gasteiger partial charge in [0, 0.05) is 4.24 Å². The highest BCUT2D eigenvalue weighted by molar-refractivity contribution is 8.21. The number of rotatable bonds is 8. The Bertz CT molecular complexity index is 398. The van der Waals surface area contributed by atoms with Gasteiger partial charge in [-0.05, 0) is 24.2 Å². The van der Waals surface area contributed by atoms with E-state index in [2.05, 4.69) is 6.58 Å². The molecule has 19 heavy (non-hydrogen) atoms. The van der Waals surface area contributed by atoms with Crippen LogP contribution >= 0.6 is 23.5 Å². The number of hydrogen-bond donors (Lipinski definition) is 1. The van der Waals surface area contributed by atoms with Crippen molar-refractivity contribution in [1.82, 2.24) is 0 Å². The van der Waals surface area contributed by atoms with Gasteiger partial charge in [0.25, 0.3) is 0 Å². The normalized spacial score (nSPS) is 13.6. The Morgan fingerprint density at radius 3 is 2.47 bits per heavy atom. The van der Waals surface area contributed by atoms with Gasteiger partial charge in [0.05, 0.1) is 6.61 Å². The van der Waals surface area contributed by atoms with Gasteiger partial charge in [-0.2, -0.15) is 0 Å². The molecule has 1 rings (SSSR count). The van der Waals surface area contributed by atoms with Gasteiger partial charge < -0.3 is 9.84 Å². The minimum Gasteiger partial charge on any atom is -0.386 e. The van der Waals surface area contributed by atoms with Gasteiger partial charge in [-0.25, -0.2) is 0 Å². The van der Waals surface area contributed by atoms with Crippen LogP contribution in [-0.4, -0.2) is 29.8 Å². The van der Waals surface area contributed by atoms with Crippen molar-refractivity contribution in [2.45, 2.75) is 18.8 Å². The lowest BCUT2D eigenvalue weighted by atomic mass is 10.2. The minimum atomic E-state index is -0.670. The van der Waals surface area contributed by atoms with Gasteiger partial charge in [0.1, 0.15) is 12.2 Å². The summed E-state index contributed by atoms with van der Waals surface area (Å²) in [5, 5.41) is 10.1. The van der Waals surface area contributed by atoms with E-state index in [1.165, 1.54) is 0 Å². The predicted molar refractivity (Wildman–Crippen MR) is 86.3 cm³/mol. The number of hydrogen-bond acceptors (Lipinski definition) is 4. The Hall–Kier alpha value is -0.680. The smallest absolute Gasteiger partial charge is 0.105 e. The summed E-state index contributed by atoms with van der Waals surface area (Å²) in [7, 11) is 0. The quantitative estimate of drug-likeness (QED) is 0.741. The average molecular weight is 296 g/mol. The van der Waals surface area contributed by atoms with Crippen LogP contribution < -0.4 is 0 Å². The van der Waals surface area contributed by atoms with Gasteiger partial charge >= 0.3 is 0 Å². The maximum Gasteiger partial charge on any atom is 0.105 e. The molecule has 0 aliphatic carbocycles. The second-order valence-electron chi connectivity index (χ2n) is 3.88. The second-order valence-corrected chi connectivity index (χ2v) is 5.84. The van der Waals surface area contributed by atoms with E-state index in [9.17, 15) is 5.11 Å². The molecule has 1 aromatic carbocycles. The molecule has 0 unspecified atom stereocenters. The zero-order valence-electron chi connectivity index (χ0n) is 11.3. The van der Waals surface area contributed by atoms with E-state index >= 15 is 0 Å². The topological polar surface area (TPSA) is 29.5 Å². The maximum atomic E-state index is 10.1. The Labute approximate surface area is 123 Å². The molecule has 0 saturated carbocycles. The van der Waals surface area contributed by atoms with E-state index in [1.807, 2.05) is 48.9 Å². The first-order chi connectivity index (χ1) is 9.21. The molecule has 0 aliphatic heterocycles. The van der Waals surface area contributed by atoms with Gasteiger partial charge in [0.15, 0.2) is 0 Å². The van der Waals surface area contributed by atoms with Crippen LogP contribution in [0.4, 0.5) is 0 Å². The highest BCUT2D eigenvalue weighted by atomic mass is 32.2. The maximum absolute atomic E-state index is 10.1. The van der Waals surface area contributed by atoms with Crippen molar-refractivity contribution in [1.29, 1.82) is 0 Å². The second kappa shape index (κ2) is 9.26. The summed E-state index contributed by atoms with van der Waals surface area (Å²) >= 11 is 3.23. The molecule has 0 spiro atoms. The molecule has 0 heterocycles. The first kappa shape index (κ1) is 16.4. The van der Waals surface area contributed by atoms with E-state index in [0.717, 1.165) is 9.80 Å². The molecule has 0 saturated heterocycles. The van der Waals surface area contributed by atoms with Gasteiger partial charge in [0.2, 0.25) is 0 Å². The van der Waals surface area contributed by atoms with E-state index in [-0.39, 0.29) is 0 Å². The Balaban J connectivity index is 2.58. The lowest BCUT2D eigenvalue weighted by Gasteiger charge is -2.18. The van der Waals surface area contributed by atoms with E-state index in [0.29, 0.717) is 6.61 Å². The molecule has 0 bridgehead atoms. The molecule has 1 N–H and O–H groups in total. The first-order valence-electron chi connectivity index (χ1n) is 5.97.